The lowest BCUT2D eigenvalue weighted by Crippen LogP contribution is -2.13. The number of hydrogen-bond donors (Lipinski definition) is 2. The Morgan fingerprint density at radius 1 is 1.44 bits per heavy atom. The Balaban J connectivity index is 1.93. The van der Waals surface area contributed by atoms with Crippen LogP contribution >= 0.6 is 27.3 Å². The van der Waals surface area contributed by atoms with E-state index in [9.17, 15) is 4.79 Å². The van der Waals surface area contributed by atoms with E-state index in [0.717, 1.165) is 5.39 Å². The number of H-pyrrole nitrogens is 1. The Labute approximate surface area is 114 Å². The molecular formula is C10H6BrN5OS. The molecule has 0 unspecified atom stereocenters. The molecule has 3 aromatic heterocycles. The predicted molar refractivity (Wildman–Crippen MR) is 71.7 cm³/mol. The number of thiazole rings is 1. The quantitative estimate of drug-likeness (QED) is 0.758. The number of halogens is 1. The maximum atomic E-state index is 12.0. The van der Waals surface area contributed by atoms with Gasteiger partial charge in [-0.1, -0.05) is 0 Å². The normalized spacial score (nSPS) is 10.7. The molecule has 0 spiro atoms. The third-order valence-electron chi connectivity index (χ3n) is 2.31. The Morgan fingerprint density at radius 3 is 3.11 bits per heavy atom. The average Bonchev–Trinajstić information content (AvgIpc) is 2.97. The van der Waals surface area contributed by atoms with Gasteiger partial charge in [0.05, 0.1) is 10.9 Å². The van der Waals surface area contributed by atoms with Crippen molar-refractivity contribution in [1.29, 1.82) is 0 Å². The predicted octanol–water partition coefficient (Wildman–Crippen LogP) is 2.43. The molecule has 0 aromatic carbocycles. The van der Waals surface area contributed by atoms with Crippen molar-refractivity contribution in [3.8, 4) is 0 Å². The van der Waals surface area contributed by atoms with Gasteiger partial charge in [-0.15, -0.1) is 11.3 Å². The minimum absolute atomic E-state index is 0.294. The lowest BCUT2D eigenvalue weighted by atomic mass is 10.3. The molecule has 0 radical (unpaired) electrons. The molecule has 0 aliphatic heterocycles. The minimum Gasteiger partial charge on any atom is -0.305 e. The number of carbonyl (C=O) groups excluding carboxylic acids is 1. The summed E-state index contributed by atoms with van der Waals surface area (Å²) in [5, 5.41) is 10.2. The number of hydrogen-bond acceptors (Lipinski definition) is 5. The van der Waals surface area contributed by atoms with Crippen molar-refractivity contribution in [3.63, 3.8) is 0 Å². The summed E-state index contributed by atoms with van der Waals surface area (Å²) in [7, 11) is 0. The molecule has 0 saturated heterocycles. The fraction of sp³-hybridized carbons (Fsp3) is 0. The van der Waals surface area contributed by atoms with Gasteiger partial charge in [0.2, 0.25) is 0 Å². The number of aromatic nitrogens is 4. The number of fused-ring (bicyclic) bond motifs is 1. The van der Waals surface area contributed by atoms with E-state index in [-0.39, 0.29) is 5.91 Å². The number of rotatable bonds is 2. The van der Waals surface area contributed by atoms with Gasteiger partial charge in [-0.2, -0.15) is 5.10 Å². The highest BCUT2D eigenvalue weighted by atomic mass is 79.9. The van der Waals surface area contributed by atoms with E-state index in [2.05, 4.69) is 41.4 Å². The molecule has 90 valence electrons. The molecule has 0 aliphatic carbocycles. The molecule has 0 fully saturated rings. The lowest BCUT2D eigenvalue weighted by molar-refractivity contribution is 0.102. The SMILES string of the molecule is O=C(Nc1[nH]nc2ncccc12)c1ncsc1Br. The van der Waals surface area contributed by atoms with Crippen LogP contribution in [0.1, 0.15) is 10.5 Å². The summed E-state index contributed by atoms with van der Waals surface area (Å²) in [6, 6.07) is 3.61. The van der Waals surface area contributed by atoms with Crippen LogP contribution < -0.4 is 5.32 Å². The standard InChI is InChI=1S/C10H6BrN5OS/c11-7-6(13-4-18-7)10(17)14-9-5-2-1-3-12-8(5)15-16-9/h1-4H,(H2,12,14,15,16,17). The molecule has 3 aromatic rings. The minimum atomic E-state index is -0.294. The number of aromatic amines is 1. The Bertz CT molecular complexity index is 722. The molecule has 0 saturated carbocycles. The van der Waals surface area contributed by atoms with E-state index in [1.165, 1.54) is 11.3 Å². The molecule has 8 heteroatoms. The van der Waals surface area contributed by atoms with Crippen LogP contribution in [0.4, 0.5) is 5.82 Å². The number of carbonyl (C=O) groups is 1. The number of amides is 1. The second-order valence-electron chi connectivity index (χ2n) is 3.40. The van der Waals surface area contributed by atoms with E-state index in [0.29, 0.717) is 20.9 Å². The molecule has 3 heterocycles. The number of anilines is 1. The van der Waals surface area contributed by atoms with Crippen molar-refractivity contribution >= 4 is 50.0 Å². The molecular weight excluding hydrogens is 318 g/mol. The molecule has 18 heavy (non-hydrogen) atoms. The third kappa shape index (κ3) is 1.89. The highest BCUT2D eigenvalue weighted by Crippen LogP contribution is 2.23. The summed E-state index contributed by atoms with van der Waals surface area (Å²) >= 11 is 4.63. The van der Waals surface area contributed by atoms with Gasteiger partial charge in [0.15, 0.2) is 11.3 Å². The Kier molecular flexibility index (Phi) is 2.80. The van der Waals surface area contributed by atoms with E-state index in [4.69, 9.17) is 0 Å². The van der Waals surface area contributed by atoms with Crippen LogP contribution in [0.5, 0.6) is 0 Å². The average molecular weight is 324 g/mol. The molecule has 1 amide bonds. The van der Waals surface area contributed by atoms with Crippen LogP contribution in [0.15, 0.2) is 27.6 Å². The largest absolute Gasteiger partial charge is 0.305 e. The van der Waals surface area contributed by atoms with Gasteiger partial charge < -0.3 is 5.32 Å². The second-order valence-corrected chi connectivity index (χ2v) is 5.57. The van der Waals surface area contributed by atoms with Gasteiger partial charge in [0, 0.05) is 6.20 Å². The molecule has 3 rings (SSSR count). The van der Waals surface area contributed by atoms with Crippen molar-refractivity contribution in [3.05, 3.63) is 33.3 Å². The topological polar surface area (TPSA) is 83.6 Å². The molecule has 0 aliphatic rings. The highest BCUT2D eigenvalue weighted by Gasteiger charge is 2.15. The Hall–Kier alpha value is -1.80. The van der Waals surface area contributed by atoms with Crippen molar-refractivity contribution < 1.29 is 4.79 Å². The van der Waals surface area contributed by atoms with Crippen LogP contribution in [0.3, 0.4) is 0 Å². The number of nitrogens with zero attached hydrogens (tertiary/aromatic N) is 3. The zero-order valence-electron chi connectivity index (χ0n) is 8.85. The summed E-state index contributed by atoms with van der Waals surface area (Å²) in [6.45, 7) is 0. The maximum Gasteiger partial charge on any atom is 0.277 e. The molecule has 0 atom stereocenters. The zero-order chi connectivity index (χ0) is 12.5. The van der Waals surface area contributed by atoms with Crippen LogP contribution in [0.25, 0.3) is 11.0 Å². The first-order valence-electron chi connectivity index (χ1n) is 4.95. The van der Waals surface area contributed by atoms with E-state index < -0.39 is 0 Å². The van der Waals surface area contributed by atoms with Crippen LogP contribution in [0, 0.1) is 0 Å². The van der Waals surface area contributed by atoms with Gasteiger partial charge in [-0.05, 0) is 28.1 Å². The van der Waals surface area contributed by atoms with Gasteiger partial charge in [-0.3, -0.25) is 9.89 Å². The molecule has 6 nitrogen and oxygen atoms in total. The van der Waals surface area contributed by atoms with Crippen molar-refractivity contribution in [2.75, 3.05) is 5.32 Å². The van der Waals surface area contributed by atoms with Crippen molar-refractivity contribution in [2.24, 2.45) is 0 Å². The van der Waals surface area contributed by atoms with Crippen LogP contribution in [-0.2, 0) is 0 Å². The number of nitrogens with one attached hydrogen (secondary N) is 2. The smallest absolute Gasteiger partial charge is 0.277 e. The summed E-state index contributed by atoms with van der Waals surface area (Å²) in [6.07, 6.45) is 1.64. The fourth-order valence-corrected chi connectivity index (χ4v) is 2.54. The summed E-state index contributed by atoms with van der Waals surface area (Å²) in [5.74, 6) is 0.223. The monoisotopic (exact) mass is 323 g/mol. The summed E-state index contributed by atoms with van der Waals surface area (Å²) in [5.41, 5.74) is 2.52. The summed E-state index contributed by atoms with van der Waals surface area (Å²) < 4.78 is 0.696. The van der Waals surface area contributed by atoms with E-state index in [1.54, 1.807) is 17.8 Å². The van der Waals surface area contributed by atoms with Gasteiger partial charge >= 0.3 is 0 Å². The maximum absolute atomic E-state index is 12.0. The van der Waals surface area contributed by atoms with Crippen molar-refractivity contribution in [1.82, 2.24) is 20.2 Å². The van der Waals surface area contributed by atoms with Crippen LogP contribution in [0.2, 0.25) is 0 Å². The summed E-state index contributed by atoms with van der Waals surface area (Å²) in [4.78, 5) is 20.0. The van der Waals surface area contributed by atoms with Gasteiger partial charge in [0.25, 0.3) is 5.91 Å². The number of pyridine rings is 1. The first kappa shape index (κ1) is 11.3. The fourth-order valence-electron chi connectivity index (χ4n) is 1.50. The van der Waals surface area contributed by atoms with Gasteiger partial charge in [-0.25, -0.2) is 9.97 Å². The van der Waals surface area contributed by atoms with Crippen molar-refractivity contribution in [2.45, 2.75) is 0 Å². The van der Waals surface area contributed by atoms with Crippen LogP contribution in [-0.4, -0.2) is 26.1 Å². The first-order valence-corrected chi connectivity index (χ1v) is 6.62. The van der Waals surface area contributed by atoms with E-state index >= 15 is 0 Å². The lowest BCUT2D eigenvalue weighted by Gasteiger charge is -2.00. The van der Waals surface area contributed by atoms with E-state index in [1.807, 2.05) is 6.07 Å². The van der Waals surface area contributed by atoms with Gasteiger partial charge in [0.1, 0.15) is 9.60 Å². The zero-order valence-corrected chi connectivity index (χ0v) is 11.2. The first-order chi connectivity index (χ1) is 8.75. The molecule has 0 bridgehead atoms. The highest BCUT2D eigenvalue weighted by molar-refractivity contribution is 9.11. The third-order valence-corrected chi connectivity index (χ3v) is 3.85. The second kappa shape index (κ2) is 4.46. The Morgan fingerprint density at radius 2 is 2.33 bits per heavy atom. The molecule has 2 N–H and O–H groups in total.